The molecule has 2 bridgehead atoms. The minimum Gasteiger partial charge on any atom is -0.472 e. The summed E-state index contributed by atoms with van der Waals surface area (Å²) in [6, 6.07) is 2.22. The second-order valence-corrected chi connectivity index (χ2v) is 13.9. The predicted octanol–water partition coefficient (Wildman–Crippen LogP) is 6.51. The first-order valence-corrected chi connectivity index (χ1v) is 15.3. The molecular weight excluding hydrogens is 617 g/mol. The maximum absolute atomic E-state index is 15.9. The van der Waals surface area contributed by atoms with Gasteiger partial charge in [0.25, 0.3) is 5.92 Å². The highest BCUT2D eigenvalue weighted by atomic mass is 19.4. The van der Waals surface area contributed by atoms with Crippen LogP contribution in [0.4, 0.5) is 26.7 Å². The Balaban J connectivity index is 1.56. The largest absolute Gasteiger partial charge is 0.573 e. The van der Waals surface area contributed by atoms with Crippen molar-refractivity contribution in [2.24, 2.45) is 17.3 Å². The van der Waals surface area contributed by atoms with Gasteiger partial charge in [0.15, 0.2) is 0 Å². The average molecular weight is 656 g/mol. The van der Waals surface area contributed by atoms with E-state index in [1.807, 2.05) is 0 Å². The molecule has 1 N–H and O–H groups in total. The fourth-order valence-corrected chi connectivity index (χ4v) is 6.39. The summed E-state index contributed by atoms with van der Waals surface area (Å²) in [5, 5.41) is 2.84. The molecule has 2 aliphatic heterocycles. The number of pyridine rings is 1. The van der Waals surface area contributed by atoms with Crippen molar-refractivity contribution >= 4 is 29.2 Å². The maximum Gasteiger partial charge on any atom is 0.573 e. The van der Waals surface area contributed by atoms with Gasteiger partial charge in [-0.25, -0.2) is 18.6 Å². The molecule has 2 aromatic rings. The number of fused-ring (bicyclic) bond motifs is 5. The molecule has 1 aliphatic carbocycles. The van der Waals surface area contributed by atoms with E-state index in [0.717, 1.165) is 18.2 Å². The number of carbonyl (C=O) groups excluding carboxylic acids is 3. The molecule has 0 radical (unpaired) electrons. The van der Waals surface area contributed by atoms with Crippen molar-refractivity contribution < 1.29 is 50.5 Å². The number of alkyl halides is 5. The molecule has 46 heavy (non-hydrogen) atoms. The van der Waals surface area contributed by atoms with Gasteiger partial charge in [-0.1, -0.05) is 34.1 Å². The van der Waals surface area contributed by atoms with E-state index in [0.29, 0.717) is 25.5 Å². The number of halogens is 5. The number of aromatic nitrogens is 1. The number of ether oxygens (including phenoxy) is 3. The summed E-state index contributed by atoms with van der Waals surface area (Å²) in [5.41, 5.74) is -2.22. The predicted molar refractivity (Wildman–Crippen MR) is 155 cm³/mol. The van der Waals surface area contributed by atoms with Gasteiger partial charge in [0, 0.05) is 29.7 Å². The Bertz CT molecular complexity index is 1510. The van der Waals surface area contributed by atoms with Crippen LogP contribution in [0.5, 0.6) is 11.6 Å². The number of benzene rings is 1. The van der Waals surface area contributed by atoms with E-state index in [4.69, 9.17) is 9.47 Å². The summed E-state index contributed by atoms with van der Waals surface area (Å²) in [4.78, 5) is 44.7. The average Bonchev–Trinajstić information content (AvgIpc) is 3.46. The van der Waals surface area contributed by atoms with Gasteiger partial charge in [-0.15, -0.1) is 13.2 Å². The molecule has 9 nitrogen and oxygen atoms in total. The zero-order valence-corrected chi connectivity index (χ0v) is 26.2. The number of hydrogen-bond donors (Lipinski definition) is 1. The quantitative estimate of drug-likeness (QED) is 0.290. The first-order chi connectivity index (χ1) is 21.3. The molecule has 1 aromatic carbocycles. The molecule has 1 saturated carbocycles. The van der Waals surface area contributed by atoms with Gasteiger partial charge in [0.1, 0.15) is 29.8 Å². The molecule has 2 fully saturated rings. The van der Waals surface area contributed by atoms with Gasteiger partial charge in [0.2, 0.25) is 11.8 Å². The Morgan fingerprint density at radius 2 is 1.85 bits per heavy atom. The van der Waals surface area contributed by atoms with Crippen LogP contribution >= 0.6 is 0 Å². The molecule has 5 rings (SSSR count). The summed E-state index contributed by atoms with van der Waals surface area (Å²) in [6.07, 6.45) is -5.12. The monoisotopic (exact) mass is 655 g/mol. The van der Waals surface area contributed by atoms with Crippen LogP contribution in [0.3, 0.4) is 0 Å². The molecule has 252 valence electrons. The zero-order valence-electron chi connectivity index (χ0n) is 26.2. The zero-order chi connectivity index (χ0) is 33.8. The lowest BCUT2D eigenvalue weighted by atomic mass is 9.85. The fourth-order valence-electron chi connectivity index (χ4n) is 6.39. The highest BCUT2D eigenvalue weighted by Crippen LogP contribution is 2.50. The molecule has 1 saturated heterocycles. The third-order valence-corrected chi connectivity index (χ3v) is 9.28. The van der Waals surface area contributed by atoms with E-state index in [1.165, 1.54) is 11.0 Å². The highest BCUT2D eigenvalue weighted by molar-refractivity contribution is 5.89. The molecule has 1 aromatic heterocycles. The van der Waals surface area contributed by atoms with Gasteiger partial charge >= 0.3 is 12.5 Å². The van der Waals surface area contributed by atoms with Gasteiger partial charge in [-0.05, 0) is 49.8 Å². The number of amides is 2. The van der Waals surface area contributed by atoms with E-state index < -0.39 is 83.0 Å². The number of rotatable bonds is 2. The van der Waals surface area contributed by atoms with Crippen molar-refractivity contribution in [3.63, 3.8) is 0 Å². The van der Waals surface area contributed by atoms with Crippen LogP contribution in [0.25, 0.3) is 10.9 Å². The lowest BCUT2D eigenvalue weighted by Gasteiger charge is -2.35. The van der Waals surface area contributed by atoms with Crippen molar-refractivity contribution in [1.82, 2.24) is 15.2 Å². The third kappa shape index (κ3) is 7.00. The normalized spacial score (nSPS) is 30.6. The van der Waals surface area contributed by atoms with Gasteiger partial charge in [-0.3, -0.25) is 4.79 Å². The number of carbonyl (C=O) groups is 3. The Kier molecular flexibility index (Phi) is 8.65. The summed E-state index contributed by atoms with van der Waals surface area (Å²) in [5.74, 6) is -5.85. The molecule has 3 heterocycles. The van der Waals surface area contributed by atoms with E-state index >= 15 is 8.78 Å². The van der Waals surface area contributed by atoms with Crippen LogP contribution in [0.1, 0.15) is 72.3 Å². The van der Waals surface area contributed by atoms with Crippen molar-refractivity contribution in [2.45, 2.75) is 103 Å². The molecule has 0 unspecified atom stereocenters. The topological polar surface area (TPSA) is 107 Å². The van der Waals surface area contributed by atoms with Gasteiger partial charge in [-0.2, -0.15) is 0 Å². The molecule has 0 spiro atoms. The molecule has 3 aliphatic rings. The number of hydrogen-bond acceptors (Lipinski definition) is 7. The van der Waals surface area contributed by atoms with E-state index in [1.54, 1.807) is 34.6 Å². The van der Waals surface area contributed by atoms with Crippen molar-refractivity contribution in [2.75, 3.05) is 6.54 Å². The summed E-state index contributed by atoms with van der Waals surface area (Å²) in [7, 11) is 0. The van der Waals surface area contributed by atoms with Crippen molar-refractivity contribution in [3.05, 3.63) is 29.8 Å². The van der Waals surface area contributed by atoms with Crippen LogP contribution in [-0.2, 0) is 20.2 Å². The Labute approximate surface area is 263 Å². The van der Waals surface area contributed by atoms with Gasteiger partial charge < -0.3 is 29.2 Å². The van der Waals surface area contributed by atoms with E-state index in [2.05, 4.69) is 15.0 Å². The summed E-state index contributed by atoms with van der Waals surface area (Å²) < 4.78 is 86.3. The van der Waals surface area contributed by atoms with Crippen molar-refractivity contribution in [3.8, 4) is 11.6 Å². The van der Waals surface area contributed by atoms with Crippen LogP contribution in [0.2, 0.25) is 0 Å². The Morgan fingerprint density at radius 1 is 1.13 bits per heavy atom. The smallest absolute Gasteiger partial charge is 0.472 e. The van der Waals surface area contributed by atoms with Crippen LogP contribution in [0, 0.1) is 17.3 Å². The standard InChI is InChI=1S/C32H38F5N3O6/c1-17-23(16-41)40-15-24(17)44-26-21(12-18-9-10-20(13-22(18)38-26)45-32(35,36)37)31(33,34)11-7-6-8-19-14-30(19,5)46-28(43)39-25(27(40)42)29(2,3)4/h9-10,12-13,16-17,19,23-25H,6-8,11,14-15H2,1-5H3,(H,39,43)/t17-,19+,23+,24-,25+,30+/m0/s1. The SMILES string of the molecule is C[C@@H]1[C@@H]2CN(C(=O)[C@H](C(C)(C)C)NC(=O)O[C@]3(C)C[C@H]3CCCCC(F)(F)c3cc4ccc(OC(F)(F)F)cc4nc3O2)[C@@H]1C=O. The van der Waals surface area contributed by atoms with Crippen LogP contribution in [0.15, 0.2) is 24.3 Å². The lowest BCUT2D eigenvalue weighted by molar-refractivity contribution is -0.274. The fraction of sp³-hybridized carbons (Fsp3) is 0.625. The lowest BCUT2D eigenvalue weighted by Crippen LogP contribution is -2.56. The summed E-state index contributed by atoms with van der Waals surface area (Å²) >= 11 is 0. The molecular formula is C32H38F5N3O6. The van der Waals surface area contributed by atoms with Crippen LogP contribution < -0.4 is 14.8 Å². The minimum absolute atomic E-state index is 0.0384. The highest BCUT2D eigenvalue weighted by Gasteiger charge is 2.54. The summed E-state index contributed by atoms with van der Waals surface area (Å²) in [6.45, 7) is 8.43. The number of aldehydes is 1. The second kappa shape index (κ2) is 11.8. The third-order valence-electron chi connectivity index (χ3n) is 9.28. The number of alkyl carbamates (subject to hydrolysis) is 1. The number of nitrogens with zero attached hydrogens (tertiary/aromatic N) is 2. The van der Waals surface area contributed by atoms with Gasteiger partial charge in [0.05, 0.1) is 23.7 Å². The minimum atomic E-state index is -4.98. The molecule has 2 amide bonds. The maximum atomic E-state index is 15.9. The Hall–Kier alpha value is -3.71. The van der Waals surface area contributed by atoms with Crippen LogP contribution in [-0.4, -0.2) is 64.9 Å². The number of nitrogens with one attached hydrogen (secondary N) is 1. The second-order valence-electron chi connectivity index (χ2n) is 13.9. The Morgan fingerprint density at radius 3 is 2.50 bits per heavy atom. The molecule has 6 atom stereocenters. The molecule has 14 heteroatoms. The van der Waals surface area contributed by atoms with Crippen molar-refractivity contribution in [1.29, 1.82) is 0 Å². The van der Waals surface area contributed by atoms with E-state index in [-0.39, 0.29) is 29.8 Å². The first kappa shape index (κ1) is 33.6. The van der Waals surface area contributed by atoms with E-state index in [9.17, 15) is 27.6 Å². The first-order valence-electron chi connectivity index (χ1n) is 15.3.